The molecule has 5 fully saturated rings. The van der Waals surface area contributed by atoms with Crippen LogP contribution < -0.4 is 21.1 Å². The van der Waals surface area contributed by atoms with E-state index in [1.54, 1.807) is 24.4 Å². The van der Waals surface area contributed by atoms with Gasteiger partial charge < -0.3 is 35.1 Å². The highest BCUT2D eigenvalue weighted by atomic mass is 19.1. The van der Waals surface area contributed by atoms with Crippen LogP contribution in [0.1, 0.15) is 127 Å². The highest BCUT2D eigenvalue weighted by Gasteiger charge is 2.38. The van der Waals surface area contributed by atoms with Gasteiger partial charge in [0.1, 0.15) is 17.6 Å². The summed E-state index contributed by atoms with van der Waals surface area (Å²) in [6.45, 7) is 9.15. The Bertz CT molecular complexity index is 2510. The number of likely N-dealkylation sites (tertiary alicyclic amines) is 2. The molecule has 4 amide bonds. The monoisotopic (exact) mass is 946 g/mol. The van der Waals surface area contributed by atoms with Crippen molar-refractivity contribution >= 4 is 40.3 Å². The van der Waals surface area contributed by atoms with Crippen molar-refractivity contribution in [3.05, 3.63) is 99.0 Å². The normalized spacial score (nSPS) is 20.2. The van der Waals surface area contributed by atoms with Gasteiger partial charge >= 0.3 is 0 Å². The molecule has 3 aromatic heterocycles. The zero-order valence-corrected chi connectivity index (χ0v) is 40.1. The Kier molecular flexibility index (Phi) is 15.6. The second-order valence-electron chi connectivity index (χ2n) is 19.9. The van der Waals surface area contributed by atoms with Gasteiger partial charge in [0.25, 0.3) is 17.4 Å². The van der Waals surface area contributed by atoms with Gasteiger partial charge in [-0.05, 0) is 112 Å². The Hall–Kier alpha value is -5.74. The number of pyridine rings is 3. The Morgan fingerprint density at radius 1 is 0.841 bits per heavy atom. The quantitative estimate of drug-likeness (QED) is 0.114. The fourth-order valence-electron chi connectivity index (χ4n) is 10.8. The minimum Gasteiger partial charge on any atom is -0.378 e. The van der Waals surface area contributed by atoms with E-state index >= 15 is 4.39 Å². The van der Waals surface area contributed by atoms with Gasteiger partial charge in [-0.15, -0.1) is 0 Å². The molecule has 15 nitrogen and oxygen atoms in total. The third-order valence-corrected chi connectivity index (χ3v) is 15.1. The van der Waals surface area contributed by atoms with Crippen molar-refractivity contribution in [2.75, 3.05) is 70.4 Å². The molecule has 69 heavy (non-hydrogen) atoms. The molecule has 3 aliphatic heterocycles. The molecule has 0 spiro atoms. The van der Waals surface area contributed by atoms with Crippen molar-refractivity contribution in [2.24, 2.45) is 11.8 Å². The zero-order valence-electron chi connectivity index (χ0n) is 40.1. The number of amides is 4. The SMILES string of the molecule is CCc1cc2ncc(CN3CCN(c4ccc(C(=O)NCCCOC5CCN(C(=O)[C@H](NC(=O)c6cccc(C7CCCN(C(=O)C8CC8)C7)c6F)C6CCCCC6)CC5)nc4)CC3)cc2[nH]c1=O. The molecule has 9 rings (SSSR count). The summed E-state index contributed by atoms with van der Waals surface area (Å²) in [5, 5.41) is 5.98. The van der Waals surface area contributed by atoms with Crippen molar-refractivity contribution in [3.8, 4) is 0 Å². The number of piperidine rings is 2. The summed E-state index contributed by atoms with van der Waals surface area (Å²) in [6, 6.07) is 11.8. The number of aryl methyl sites for hydroxylation is 1. The molecule has 2 saturated carbocycles. The molecule has 0 bridgehead atoms. The average Bonchev–Trinajstić information content (AvgIpc) is 4.24. The van der Waals surface area contributed by atoms with Gasteiger partial charge in [0, 0.05) is 95.7 Å². The second kappa shape index (κ2) is 22.3. The highest BCUT2D eigenvalue weighted by Crippen LogP contribution is 2.36. The fraction of sp³-hybridized carbons (Fsp3) is 0.566. The van der Waals surface area contributed by atoms with Crippen LogP contribution in [0.5, 0.6) is 0 Å². The molecule has 368 valence electrons. The Balaban J connectivity index is 0.690. The molecule has 4 aromatic rings. The lowest BCUT2D eigenvalue weighted by Gasteiger charge is -2.37. The van der Waals surface area contributed by atoms with E-state index in [4.69, 9.17) is 4.74 Å². The maximum Gasteiger partial charge on any atom is 0.269 e. The maximum atomic E-state index is 16.2. The Morgan fingerprint density at radius 3 is 2.38 bits per heavy atom. The molecule has 2 aliphatic carbocycles. The number of ether oxygens (including phenoxy) is 1. The van der Waals surface area contributed by atoms with E-state index in [2.05, 4.69) is 35.4 Å². The summed E-state index contributed by atoms with van der Waals surface area (Å²) >= 11 is 0. The van der Waals surface area contributed by atoms with Gasteiger partial charge in [0.15, 0.2) is 0 Å². The molecule has 0 radical (unpaired) electrons. The lowest BCUT2D eigenvalue weighted by molar-refractivity contribution is -0.137. The van der Waals surface area contributed by atoms with Crippen LogP contribution in [0.25, 0.3) is 11.0 Å². The summed E-state index contributed by atoms with van der Waals surface area (Å²) in [5.74, 6) is -1.39. The largest absolute Gasteiger partial charge is 0.378 e. The van der Waals surface area contributed by atoms with Crippen LogP contribution in [0.2, 0.25) is 0 Å². The van der Waals surface area contributed by atoms with Gasteiger partial charge in [-0.2, -0.15) is 0 Å². The topological polar surface area (TPSA) is 173 Å². The van der Waals surface area contributed by atoms with Crippen molar-refractivity contribution < 1.29 is 28.3 Å². The first-order chi connectivity index (χ1) is 33.6. The second-order valence-corrected chi connectivity index (χ2v) is 19.9. The van der Waals surface area contributed by atoms with Gasteiger partial charge in [-0.1, -0.05) is 38.3 Å². The van der Waals surface area contributed by atoms with E-state index in [1.165, 1.54) is 6.07 Å². The van der Waals surface area contributed by atoms with E-state index in [-0.39, 0.29) is 52.7 Å². The third-order valence-electron chi connectivity index (χ3n) is 15.1. The van der Waals surface area contributed by atoms with Crippen molar-refractivity contribution in [3.63, 3.8) is 0 Å². The number of anilines is 1. The number of aromatic nitrogens is 3. The lowest BCUT2D eigenvalue weighted by atomic mass is 9.83. The van der Waals surface area contributed by atoms with E-state index < -0.39 is 17.8 Å². The number of hydrogen-bond acceptors (Lipinski definition) is 10. The molecule has 1 aromatic carbocycles. The van der Waals surface area contributed by atoms with Crippen LogP contribution in [0, 0.1) is 17.7 Å². The number of benzene rings is 1. The number of nitrogens with zero attached hydrogens (tertiary/aromatic N) is 6. The van der Waals surface area contributed by atoms with E-state index in [1.807, 2.05) is 41.1 Å². The van der Waals surface area contributed by atoms with Crippen molar-refractivity contribution in [2.45, 2.75) is 115 Å². The number of fused-ring (bicyclic) bond motifs is 1. The third kappa shape index (κ3) is 11.8. The zero-order chi connectivity index (χ0) is 47.9. The number of rotatable bonds is 16. The smallest absolute Gasteiger partial charge is 0.269 e. The molecule has 16 heteroatoms. The summed E-state index contributed by atoms with van der Waals surface area (Å²) in [7, 11) is 0. The highest BCUT2D eigenvalue weighted by molar-refractivity contribution is 5.98. The van der Waals surface area contributed by atoms with Crippen LogP contribution in [0.4, 0.5) is 10.1 Å². The molecule has 3 saturated heterocycles. The summed E-state index contributed by atoms with van der Waals surface area (Å²) in [4.78, 5) is 86.6. The van der Waals surface area contributed by atoms with Crippen LogP contribution >= 0.6 is 0 Å². The number of aromatic amines is 1. The Labute approximate surface area is 403 Å². The van der Waals surface area contributed by atoms with Gasteiger partial charge in [0.2, 0.25) is 11.8 Å². The standard InChI is InChI=1S/C53H68FN9O6/c1-2-36-30-45-46(58-49(36)64)29-35(31-56-45)33-60-24-26-61(27-25-60)40-16-17-44(57-32-40)51(66)55-20-8-28-69-41-18-22-62(23-19-41)53(68)48(37-9-4-3-5-10-37)59-50(65)43-13-6-12-42(47(43)54)39-11-7-21-63(34-39)52(67)38-14-15-38/h6,12-13,16-17,29-32,37-39,41,48H,2-5,7-11,14-15,18-28,33-34H2,1H3,(H,55,66)(H,58,64)(H,59,65)/t39?,48-/m1/s1. The minimum atomic E-state index is -0.736. The molecular weight excluding hydrogens is 878 g/mol. The number of carbonyl (C=O) groups excluding carboxylic acids is 4. The first-order valence-corrected chi connectivity index (χ1v) is 25.6. The van der Waals surface area contributed by atoms with E-state index in [0.29, 0.717) is 76.3 Å². The summed E-state index contributed by atoms with van der Waals surface area (Å²) in [5.41, 5.74) is 5.04. The number of piperazine rings is 1. The summed E-state index contributed by atoms with van der Waals surface area (Å²) < 4.78 is 22.4. The van der Waals surface area contributed by atoms with E-state index in [9.17, 15) is 24.0 Å². The van der Waals surface area contributed by atoms with Gasteiger partial charge in [-0.25, -0.2) is 9.37 Å². The molecule has 6 heterocycles. The molecule has 5 aliphatic rings. The number of carbonyl (C=O) groups is 4. The van der Waals surface area contributed by atoms with Crippen molar-refractivity contribution in [1.29, 1.82) is 0 Å². The number of hydrogen-bond donors (Lipinski definition) is 3. The maximum absolute atomic E-state index is 16.2. The molecule has 1 unspecified atom stereocenters. The number of H-pyrrole nitrogens is 1. The van der Waals surface area contributed by atoms with Crippen molar-refractivity contribution in [1.82, 2.24) is 40.3 Å². The molecule has 2 atom stereocenters. The van der Waals surface area contributed by atoms with Crippen LogP contribution in [0.15, 0.2) is 59.7 Å². The average molecular weight is 946 g/mol. The first-order valence-electron chi connectivity index (χ1n) is 25.6. The van der Waals surface area contributed by atoms with Crippen LogP contribution in [-0.4, -0.2) is 131 Å². The molecular formula is C53H68FN9O6. The number of nitrogens with one attached hydrogen (secondary N) is 3. The lowest BCUT2D eigenvalue weighted by Crippen LogP contribution is -2.54. The van der Waals surface area contributed by atoms with Crippen LogP contribution in [0.3, 0.4) is 0 Å². The predicted octanol–water partition coefficient (Wildman–Crippen LogP) is 5.96. The number of halogens is 1. The molecule has 3 N–H and O–H groups in total. The van der Waals surface area contributed by atoms with Crippen LogP contribution in [-0.2, 0) is 27.3 Å². The van der Waals surface area contributed by atoms with Gasteiger partial charge in [-0.3, -0.25) is 33.9 Å². The summed E-state index contributed by atoms with van der Waals surface area (Å²) in [6.07, 6.45) is 14.4. The minimum absolute atomic E-state index is 0.0163. The first kappa shape index (κ1) is 48.3. The van der Waals surface area contributed by atoms with E-state index in [0.717, 1.165) is 118 Å². The fourth-order valence-corrected chi connectivity index (χ4v) is 10.8. The van der Waals surface area contributed by atoms with Gasteiger partial charge in [0.05, 0.1) is 34.6 Å². The predicted molar refractivity (Wildman–Crippen MR) is 261 cm³/mol. The Morgan fingerprint density at radius 2 is 1.64 bits per heavy atom.